The second-order valence-electron chi connectivity index (χ2n) is 6.30. The topological polar surface area (TPSA) is 61.3 Å². The zero-order valence-electron chi connectivity index (χ0n) is 14.1. The first-order valence-corrected chi connectivity index (χ1v) is 8.39. The van der Waals surface area contributed by atoms with Crippen LogP contribution < -0.4 is 5.32 Å². The molecule has 1 aromatic carbocycles. The van der Waals surface area contributed by atoms with E-state index in [9.17, 15) is 9.50 Å². The first-order chi connectivity index (χ1) is 11.6. The van der Waals surface area contributed by atoms with Crippen LogP contribution in [0, 0.1) is 12.7 Å². The predicted octanol–water partition coefficient (Wildman–Crippen LogP) is 3.19. The molecule has 1 saturated heterocycles. The minimum atomic E-state index is -0.460. The molecule has 0 amide bonds. The van der Waals surface area contributed by atoms with Gasteiger partial charge in [-0.25, -0.2) is 4.39 Å². The molecule has 0 bridgehead atoms. The molecule has 1 aromatic heterocycles. The van der Waals surface area contributed by atoms with E-state index in [1.165, 1.54) is 12.5 Å². The molecule has 0 spiro atoms. The van der Waals surface area contributed by atoms with E-state index in [4.69, 9.17) is 0 Å². The third-order valence-corrected chi connectivity index (χ3v) is 4.50. The fourth-order valence-electron chi connectivity index (χ4n) is 3.27. The van der Waals surface area contributed by atoms with E-state index in [0.717, 1.165) is 37.9 Å². The number of likely N-dealkylation sites (N-methyl/N-ethyl adjacent to an activating group) is 1. The number of anilines is 1. The van der Waals surface area contributed by atoms with E-state index in [1.54, 1.807) is 13.0 Å². The average molecular weight is 330 g/mol. The van der Waals surface area contributed by atoms with Gasteiger partial charge in [0.05, 0.1) is 5.69 Å². The van der Waals surface area contributed by atoms with Crippen LogP contribution in [0.3, 0.4) is 0 Å². The van der Waals surface area contributed by atoms with Crippen molar-refractivity contribution in [2.24, 2.45) is 0 Å². The molecule has 24 heavy (non-hydrogen) atoms. The summed E-state index contributed by atoms with van der Waals surface area (Å²) in [4.78, 5) is 2.42. The number of rotatable bonds is 4. The number of aryl methyl sites for hydroxylation is 1. The molecule has 0 saturated carbocycles. The van der Waals surface area contributed by atoms with Gasteiger partial charge in [0.25, 0.3) is 0 Å². The fraction of sp³-hybridized carbons (Fsp3) is 0.444. The van der Waals surface area contributed by atoms with E-state index in [-0.39, 0.29) is 5.75 Å². The molecule has 1 aliphatic heterocycles. The second-order valence-corrected chi connectivity index (χ2v) is 6.30. The van der Waals surface area contributed by atoms with Gasteiger partial charge in [0.15, 0.2) is 0 Å². The molecule has 2 heterocycles. The van der Waals surface area contributed by atoms with Crippen LogP contribution in [0.2, 0.25) is 0 Å². The Kier molecular flexibility index (Phi) is 4.94. The zero-order valence-corrected chi connectivity index (χ0v) is 14.1. The highest BCUT2D eigenvalue weighted by Crippen LogP contribution is 2.32. The molecule has 2 N–H and O–H groups in total. The number of nitrogens with zero attached hydrogens (tertiary/aromatic N) is 3. The van der Waals surface area contributed by atoms with Gasteiger partial charge in [-0.2, -0.15) is 0 Å². The maximum atomic E-state index is 13.3. The van der Waals surface area contributed by atoms with Crippen molar-refractivity contribution in [2.45, 2.75) is 32.7 Å². The first kappa shape index (κ1) is 16.6. The number of benzene rings is 1. The smallest absolute Gasteiger partial charge is 0.148 e. The van der Waals surface area contributed by atoms with E-state index in [2.05, 4.69) is 27.3 Å². The molecular formula is C18H23FN4O. The van der Waals surface area contributed by atoms with Gasteiger partial charge in [0.2, 0.25) is 0 Å². The predicted molar refractivity (Wildman–Crippen MR) is 92.6 cm³/mol. The average Bonchev–Trinajstić information content (AvgIpc) is 2.56. The molecule has 1 aliphatic rings. The van der Waals surface area contributed by atoms with E-state index < -0.39 is 5.82 Å². The monoisotopic (exact) mass is 330 g/mol. The van der Waals surface area contributed by atoms with Gasteiger partial charge < -0.3 is 15.3 Å². The Morgan fingerprint density at radius 3 is 2.83 bits per heavy atom. The Morgan fingerprint density at radius 2 is 2.17 bits per heavy atom. The highest BCUT2D eigenvalue weighted by atomic mass is 19.1. The molecule has 1 fully saturated rings. The second kappa shape index (κ2) is 7.13. The van der Waals surface area contributed by atoms with Crippen molar-refractivity contribution in [1.29, 1.82) is 0 Å². The summed E-state index contributed by atoms with van der Waals surface area (Å²) in [5.41, 5.74) is 1.69. The molecule has 0 radical (unpaired) electrons. The lowest BCUT2D eigenvalue weighted by Crippen LogP contribution is -2.42. The van der Waals surface area contributed by atoms with Gasteiger partial charge in [-0.1, -0.05) is 6.92 Å². The van der Waals surface area contributed by atoms with Gasteiger partial charge in [-0.3, -0.25) is 0 Å². The molecule has 0 aliphatic carbocycles. The lowest BCUT2D eigenvalue weighted by molar-refractivity contribution is 0.226. The summed E-state index contributed by atoms with van der Waals surface area (Å²) in [5.74, 6) is 0.145. The summed E-state index contributed by atoms with van der Waals surface area (Å²) in [6, 6.07) is 6.51. The molecule has 5 nitrogen and oxygen atoms in total. The fourth-order valence-corrected chi connectivity index (χ4v) is 3.27. The summed E-state index contributed by atoms with van der Waals surface area (Å²) in [5, 5.41) is 21.8. The number of aromatic nitrogens is 2. The highest BCUT2D eigenvalue weighted by molar-refractivity contribution is 5.70. The Balaban J connectivity index is 1.74. The van der Waals surface area contributed by atoms with Crippen LogP contribution in [-0.2, 0) is 0 Å². The Hall–Kier alpha value is -2.21. The molecule has 2 aromatic rings. The van der Waals surface area contributed by atoms with Crippen molar-refractivity contribution in [3.05, 3.63) is 35.6 Å². The number of hydrogen-bond donors (Lipinski definition) is 2. The summed E-state index contributed by atoms with van der Waals surface area (Å²) in [6.45, 7) is 7.15. The van der Waals surface area contributed by atoms with Crippen LogP contribution in [0.15, 0.2) is 24.3 Å². The van der Waals surface area contributed by atoms with Crippen LogP contribution in [0.5, 0.6) is 5.75 Å². The molecule has 1 atom stereocenters. The minimum Gasteiger partial charge on any atom is -0.507 e. The summed E-state index contributed by atoms with van der Waals surface area (Å²) >= 11 is 0. The third kappa shape index (κ3) is 3.64. The van der Waals surface area contributed by atoms with Crippen LogP contribution in [-0.4, -0.2) is 45.9 Å². The standard InChI is InChI=1S/C18H23FN4O/c1-3-23-8-4-5-14(11-23)20-17-7-6-15(21-22-17)18-12(2)9-13(19)10-16(18)24/h6-7,9-10,14,24H,3-5,8,11H2,1-2H3,(H,20,22)/t14-/m1/s1. The Morgan fingerprint density at radius 1 is 1.33 bits per heavy atom. The summed E-state index contributed by atoms with van der Waals surface area (Å²) < 4.78 is 13.3. The SMILES string of the molecule is CCN1CCC[C@@H](Nc2ccc(-c3c(C)cc(F)cc3O)nn2)C1. The quantitative estimate of drug-likeness (QED) is 0.901. The van der Waals surface area contributed by atoms with Crippen LogP contribution in [0.1, 0.15) is 25.3 Å². The number of hydrogen-bond acceptors (Lipinski definition) is 5. The van der Waals surface area contributed by atoms with E-state index in [0.29, 0.717) is 22.9 Å². The molecular weight excluding hydrogens is 307 g/mol. The number of piperidine rings is 1. The Labute approximate surface area is 141 Å². The maximum absolute atomic E-state index is 13.3. The normalized spacial score (nSPS) is 18.5. The summed E-state index contributed by atoms with van der Waals surface area (Å²) in [7, 11) is 0. The number of halogens is 1. The molecule has 6 heteroatoms. The van der Waals surface area contributed by atoms with Gasteiger partial charge in [-0.05, 0) is 56.6 Å². The lowest BCUT2D eigenvalue weighted by Gasteiger charge is -2.32. The maximum Gasteiger partial charge on any atom is 0.148 e. The summed E-state index contributed by atoms with van der Waals surface area (Å²) in [6.07, 6.45) is 2.30. The van der Waals surface area contributed by atoms with Crippen LogP contribution in [0.25, 0.3) is 11.3 Å². The number of phenolic OH excluding ortho intramolecular Hbond substituents is 1. The van der Waals surface area contributed by atoms with E-state index >= 15 is 0 Å². The highest BCUT2D eigenvalue weighted by Gasteiger charge is 2.19. The van der Waals surface area contributed by atoms with Gasteiger partial charge in [0.1, 0.15) is 17.4 Å². The van der Waals surface area contributed by atoms with Crippen molar-refractivity contribution in [3.8, 4) is 17.0 Å². The van der Waals surface area contributed by atoms with Gasteiger partial charge >= 0.3 is 0 Å². The van der Waals surface area contributed by atoms with E-state index in [1.807, 2.05) is 6.07 Å². The number of aromatic hydroxyl groups is 1. The van der Waals surface area contributed by atoms with Crippen molar-refractivity contribution in [2.75, 3.05) is 25.0 Å². The van der Waals surface area contributed by atoms with Crippen LogP contribution in [0.4, 0.5) is 10.2 Å². The number of nitrogens with one attached hydrogen (secondary N) is 1. The van der Waals surface area contributed by atoms with Crippen LogP contribution >= 0.6 is 0 Å². The minimum absolute atomic E-state index is 0.117. The van der Waals surface area contributed by atoms with Gasteiger partial charge in [-0.15, -0.1) is 10.2 Å². The van der Waals surface area contributed by atoms with Gasteiger partial charge in [0, 0.05) is 24.2 Å². The van der Waals surface area contributed by atoms with Crippen molar-refractivity contribution in [3.63, 3.8) is 0 Å². The third-order valence-electron chi connectivity index (χ3n) is 4.50. The first-order valence-electron chi connectivity index (χ1n) is 8.39. The molecule has 3 rings (SSSR count). The van der Waals surface area contributed by atoms with Crippen molar-refractivity contribution >= 4 is 5.82 Å². The molecule has 128 valence electrons. The largest absolute Gasteiger partial charge is 0.507 e. The number of phenols is 1. The Bertz CT molecular complexity index is 682. The van der Waals surface area contributed by atoms with Crippen molar-refractivity contribution < 1.29 is 9.50 Å². The number of likely N-dealkylation sites (tertiary alicyclic amines) is 1. The van der Waals surface area contributed by atoms with Crippen molar-refractivity contribution in [1.82, 2.24) is 15.1 Å². The molecule has 0 unspecified atom stereocenters. The zero-order chi connectivity index (χ0) is 17.1. The lowest BCUT2D eigenvalue weighted by atomic mass is 10.0.